The van der Waals surface area contributed by atoms with E-state index in [1.807, 2.05) is 54.6 Å². The number of rotatable bonds is 10. The Labute approximate surface area is 255 Å². The molecule has 0 radical (unpaired) electrons. The Bertz CT molecular complexity index is 1740. The van der Waals surface area contributed by atoms with E-state index in [9.17, 15) is 14.9 Å². The lowest BCUT2D eigenvalue weighted by Crippen LogP contribution is -2.42. The molecule has 1 fully saturated rings. The van der Waals surface area contributed by atoms with E-state index in [-0.39, 0.29) is 11.1 Å². The van der Waals surface area contributed by atoms with Crippen LogP contribution in [0.25, 0.3) is 17.3 Å². The molecule has 0 bridgehead atoms. The van der Waals surface area contributed by atoms with Crippen molar-refractivity contribution in [1.82, 2.24) is 14.8 Å². The fraction of sp³-hybridized carbons (Fsp3) is 0.265. The van der Waals surface area contributed by atoms with Crippen LogP contribution in [0.2, 0.25) is 0 Å². The minimum Gasteiger partial charge on any atom is -0.379 e. The van der Waals surface area contributed by atoms with Gasteiger partial charge in [0, 0.05) is 45.0 Å². The predicted molar refractivity (Wildman–Crippen MR) is 172 cm³/mol. The molecule has 9 heteroatoms. The number of hydrogen-bond acceptors (Lipinski definition) is 7. The highest BCUT2D eigenvalue weighted by Gasteiger charge is 2.18. The van der Waals surface area contributed by atoms with Gasteiger partial charge in [-0.3, -0.25) is 19.1 Å². The number of para-hydroxylation sites is 1. The van der Waals surface area contributed by atoms with Crippen molar-refractivity contribution in [1.29, 1.82) is 5.26 Å². The van der Waals surface area contributed by atoms with Gasteiger partial charge < -0.3 is 15.0 Å². The summed E-state index contributed by atoms with van der Waals surface area (Å²) < 4.78 is 7.60. The molecule has 43 heavy (non-hydrogen) atoms. The third-order valence-corrected chi connectivity index (χ3v) is 8.45. The van der Waals surface area contributed by atoms with Crippen molar-refractivity contribution in [2.24, 2.45) is 0 Å². The highest BCUT2D eigenvalue weighted by Crippen LogP contribution is 2.18. The summed E-state index contributed by atoms with van der Waals surface area (Å²) in [6.45, 7) is 7.83. The van der Waals surface area contributed by atoms with Crippen molar-refractivity contribution in [3.05, 3.63) is 116 Å². The summed E-state index contributed by atoms with van der Waals surface area (Å²) >= 11 is 1.15. The van der Waals surface area contributed by atoms with Crippen LogP contribution >= 0.6 is 11.3 Å². The first-order valence-electron chi connectivity index (χ1n) is 14.5. The summed E-state index contributed by atoms with van der Waals surface area (Å²) in [5, 5.41) is 12.9. The number of hydrogen-bond donors (Lipinski definition) is 1. The van der Waals surface area contributed by atoms with Crippen LogP contribution in [-0.4, -0.2) is 61.3 Å². The molecule has 3 aromatic carbocycles. The summed E-state index contributed by atoms with van der Waals surface area (Å²) in [7, 11) is 0. The van der Waals surface area contributed by atoms with Crippen molar-refractivity contribution >= 4 is 34.6 Å². The van der Waals surface area contributed by atoms with Crippen molar-refractivity contribution < 1.29 is 9.53 Å². The Hall–Kier alpha value is -4.49. The first-order valence-corrected chi connectivity index (χ1v) is 15.3. The maximum atomic E-state index is 13.7. The maximum Gasteiger partial charge on any atom is 0.273 e. The summed E-state index contributed by atoms with van der Waals surface area (Å²) in [5.74, 6) is -0.490. The number of carbonyl (C=O) groups excluding carboxylic acids is 1. The second kappa shape index (κ2) is 14.6. The van der Waals surface area contributed by atoms with Gasteiger partial charge in [-0.05, 0) is 48.4 Å². The van der Waals surface area contributed by atoms with Gasteiger partial charge in [0.15, 0.2) is 5.57 Å². The van der Waals surface area contributed by atoms with Gasteiger partial charge in [-0.2, -0.15) is 5.26 Å². The summed E-state index contributed by atoms with van der Waals surface area (Å²) in [4.78, 5) is 31.4. The molecule has 0 unspecified atom stereocenters. The van der Waals surface area contributed by atoms with Crippen molar-refractivity contribution in [3.8, 4) is 11.8 Å². The lowest BCUT2D eigenvalue weighted by molar-refractivity contribution is -0.115. The highest BCUT2D eigenvalue weighted by atomic mass is 32.1. The summed E-state index contributed by atoms with van der Waals surface area (Å²) in [6.07, 6.45) is 1.82. The Morgan fingerprint density at radius 3 is 2.35 bits per heavy atom. The van der Waals surface area contributed by atoms with E-state index in [4.69, 9.17) is 4.74 Å². The summed E-state index contributed by atoms with van der Waals surface area (Å²) in [5.41, 5.74) is 3.43. The monoisotopic (exact) mass is 593 g/mol. The molecular formula is C34H35N5O3S. The van der Waals surface area contributed by atoms with Crippen molar-refractivity contribution in [3.63, 3.8) is 0 Å². The molecule has 4 aromatic rings. The van der Waals surface area contributed by atoms with Gasteiger partial charge in [-0.25, -0.2) is 0 Å². The zero-order valence-corrected chi connectivity index (χ0v) is 25.1. The number of anilines is 1. The third-order valence-electron chi connectivity index (χ3n) is 7.36. The van der Waals surface area contributed by atoms with Crippen LogP contribution in [0.15, 0.2) is 89.7 Å². The lowest BCUT2D eigenvalue weighted by atomic mass is 10.1. The number of carbonyl (C=O) groups is 1. The minimum atomic E-state index is -0.490. The van der Waals surface area contributed by atoms with E-state index in [0.717, 1.165) is 48.8 Å². The molecule has 1 aromatic heterocycles. The van der Waals surface area contributed by atoms with E-state index >= 15 is 0 Å². The number of nitrogens with zero attached hydrogens (tertiary/aromatic N) is 4. The molecule has 5 rings (SSSR count). The molecule has 2 heterocycles. The van der Waals surface area contributed by atoms with E-state index in [1.165, 1.54) is 10.1 Å². The zero-order valence-electron chi connectivity index (χ0n) is 24.2. The molecule has 1 saturated heterocycles. The van der Waals surface area contributed by atoms with Gasteiger partial charge in [0.1, 0.15) is 10.7 Å². The smallest absolute Gasteiger partial charge is 0.273 e. The van der Waals surface area contributed by atoms with Crippen LogP contribution < -0.4 is 25.0 Å². The Morgan fingerprint density at radius 2 is 1.70 bits per heavy atom. The fourth-order valence-electron chi connectivity index (χ4n) is 5.02. The topological polar surface area (TPSA) is 90.6 Å². The average molecular weight is 594 g/mol. The standard InChI is InChI=1S/C34H35N5O3S/c1-2-38(25-27-9-5-3-6-10-27)28-15-13-26(14-16-28)23-31-33(41)39(29-11-7-4-8-12-29)34(43-31)30(24-35)32(40)36-17-18-37-19-21-42-22-20-37/h3-16,23H,2,17-22,25H2,1H3,(H,36,40)/b31-23-,34-30-. The molecule has 0 saturated carbocycles. The van der Waals surface area contributed by atoms with E-state index in [1.54, 1.807) is 12.1 Å². The van der Waals surface area contributed by atoms with Crippen LogP contribution in [0.1, 0.15) is 18.1 Å². The van der Waals surface area contributed by atoms with Gasteiger partial charge >= 0.3 is 0 Å². The molecule has 1 aliphatic rings. The van der Waals surface area contributed by atoms with Gasteiger partial charge in [0.25, 0.3) is 11.5 Å². The number of aromatic nitrogens is 1. The molecule has 1 N–H and O–H groups in total. The Balaban J connectivity index is 1.46. The Morgan fingerprint density at radius 1 is 1.02 bits per heavy atom. The molecule has 1 amide bonds. The second-order valence-corrected chi connectivity index (χ2v) is 11.2. The van der Waals surface area contributed by atoms with Gasteiger partial charge in [0.2, 0.25) is 0 Å². The zero-order chi connectivity index (χ0) is 30.0. The average Bonchev–Trinajstić information content (AvgIpc) is 3.36. The van der Waals surface area contributed by atoms with E-state index < -0.39 is 5.91 Å². The number of thiazole rings is 1. The van der Waals surface area contributed by atoms with Crippen LogP contribution in [-0.2, 0) is 16.1 Å². The van der Waals surface area contributed by atoms with E-state index in [0.29, 0.717) is 41.2 Å². The molecule has 0 spiro atoms. The maximum absolute atomic E-state index is 13.7. The second-order valence-electron chi connectivity index (χ2n) is 10.2. The van der Waals surface area contributed by atoms with Crippen LogP contribution in [0, 0.1) is 11.3 Å². The van der Waals surface area contributed by atoms with Crippen LogP contribution in [0.5, 0.6) is 0 Å². The molecular weight excluding hydrogens is 558 g/mol. The SMILES string of the molecule is CCN(Cc1ccccc1)c1ccc(/C=c2\s/c(=C(/C#N)C(=O)NCCN3CCOCC3)n(-c3ccccc3)c2=O)cc1. The van der Waals surface area contributed by atoms with Crippen molar-refractivity contribution in [2.75, 3.05) is 50.8 Å². The highest BCUT2D eigenvalue weighted by molar-refractivity contribution is 7.07. The first kappa shape index (κ1) is 30.0. The first-order chi connectivity index (χ1) is 21.1. The van der Waals surface area contributed by atoms with Gasteiger partial charge in [0.05, 0.1) is 23.4 Å². The number of nitriles is 1. The number of nitrogens with one attached hydrogen (secondary N) is 1. The number of benzene rings is 3. The molecule has 0 atom stereocenters. The largest absolute Gasteiger partial charge is 0.379 e. The number of ether oxygens (including phenoxy) is 1. The van der Waals surface area contributed by atoms with Gasteiger partial charge in [-0.15, -0.1) is 11.3 Å². The van der Waals surface area contributed by atoms with Gasteiger partial charge in [-0.1, -0.05) is 60.7 Å². The predicted octanol–water partition coefficient (Wildman–Crippen LogP) is 2.88. The summed E-state index contributed by atoms with van der Waals surface area (Å²) in [6, 6.07) is 29.6. The van der Waals surface area contributed by atoms with E-state index in [2.05, 4.69) is 52.4 Å². The fourth-order valence-corrected chi connectivity index (χ4v) is 6.12. The minimum absolute atomic E-state index is 0.0811. The molecule has 220 valence electrons. The van der Waals surface area contributed by atoms with Crippen LogP contribution in [0.3, 0.4) is 0 Å². The van der Waals surface area contributed by atoms with Crippen molar-refractivity contribution in [2.45, 2.75) is 13.5 Å². The lowest BCUT2D eigenvalue weighted by Gasteiger charge is -2.26. The normalized spacial score (nSPS) is 14.7. The Kier molecular flexibility index (Phi) is 10.2. The quantitative estimate of drug-likeness (QED) is 0.304. The van der Waals surface area contributed by atoms with Crippen LogP contribution in [0.4, 0.5) is 5.69 Å². The molecule has 1 aliphatic heterocycles. The molecule has 8 nitrogen and oxygen atoms in total. The number of amides is 1. The number of morpholine rings is 1. The molecule has 0 aliphatic carbocycles. The third kappa shape index (κ3) is 7.48.